The Hall–Kier alpha value is -3.14. The van der Waals surface area contributed by atoms with Crippen LogP contribution >= 0.6 is 0 Å². The molecule has 0 aliphatic carbocycles. The molecule has 32 heavy (non-hydrogen) atoms. The van der Waals surface area contributed by atoms with Crippen molar-refractivity contribution in [2.75, 3.05) is 25.0 Å². The van der Waals surface area contributed by atoms with Crippen LogP contribution in [0.25, 0.3) is 17.0 Å². The predicted molar refractivity (Wildman–Crippen MR) is 131 cm³/mol. The van der Waals surface area contributed by atoms with Crippen LogP contribution in [0, 0.1) is 0 Å². The van der Waals surface area contributed by atoms with Gasteiger partial charge in [0, 0.05) is 47.4 Å². The lowest BCUT2D eigenvalue weighted by Gasteiger charge is -2.37. The molecule has 0 saturated carbocycles. The van der Waals surface area contributed by atoms with Crippen molar-refractivity contribution in [3.8, 4) is 0 Å². The zero-order valence-electron chi connectivity index (χ0n) is 19.1. The number of nitrogens with zero attached hydrogens (tertiary/aromatic N) is 2. The van der Waals surface area contributed by atoms with Gasteiger partial charge in [-0.05, 0) is 63.3 Å². The summed E-state index contributed by atoms with van der Waals surface area (Å²) in [6, 6.07) is 12.8. The molecule has 0 bridgehead atoms. The molecular weight excluding hydrogens is 396 g/mol. The summed E-state index contributed by atoms with van der Waals surface area (Å²) in [6.45, 7) is 6.70. The van der Waals surface area contributed by atoms with Crippen molar-refractivity contribution in [3.05, 3.63) is 75.1 Å². The normalized spacial score (nSPS) is 19.0. The third-order valence-corrected chi connectivity index (χ3v) is 7.60. The molecule has 3 aliphatic heterocycles. The topological polar surface area (TPSA) is 36.5 Å². The van der Waals surface area contributed by atoms with E-state index in [1.54, 1.807) is 0 Å². The van der Waals surface area contributed by atoms with Gasteiger partial charge < -0.3 is 9.32 Å². The van der Waals surface area contributed by atoms with Gasteiger partial charge in [-0.2, -0.15) is 4.58 Å². The Morgan fingerprint density at radius 2 is 1.84 bits per heavy atom. The Morgan fingerprint density at radius 1 is 1.06 bits per heavy atom. The van der Waals surface area contributed by atoms with Crippen LogP contribution in [-0.4, -0.2) is 30.4 Å². The van der Waals surface area contributed by atoms with Gasteiger partial charge in [0.05, 0.1) is 11.0 Å². The lowest BCUT2D eigenvalue weighted by atomic mass is 9.81. The molecule has 4 heteroatoms. The molecule has 4 nitrogen and oxygen atoms in total. The van der Waals surface area contributed by atoms with Crippen molar-refractivity contribution >= 4 is 34.1 Å². The molecule has 0 N–H and O–H groups in total. The molecule has 0 saturated heterocycles. The number of aryl methyl sites for hydroxylation is 2. The molecule has 1 aromatic heterocycles. The zero-order valence-corrected chi connectivity index (χ0v) is 19.1. The highest BCUT2D eigenvalue weighted by molar-refractivity contribution is 6.05. The molecule has 3 aliphatic rings. The lowest BCUT2D eigenvalue weighted by Crippen LogP contribution is -2.34. The summed E-state index contributed by atoms with van der Waals surface area (Å²) in [5.74, 6) is 0. The van der Waals surface area contributed by atoms with E-state index in [0.717, 1.165) is 43.3 Å². The van der Waals surface area contributed by atoms with Crippen LogP contribution in [-0.2, 0) is 18.3 Å². The Kier molecular flexibility index (Phi) is 4.23. The van der Waals surface area contributed by atoms with E-state index in [0.29, 0.717) is 5.56 Å². The maximum absolute atomic E-state index is 13.0. The quantitative estimate of drug-likeness (QED) is 0.418. The second kappa shape index (κ2) is 6.93. The Bertz CT molecular complexity index is 1390. The fourth-order valence-electron chi connectivity index (χ4n) is 6.05. The minimum atomic E-state index is -0.255. The average molecular weight is 426 g/mol. The maximum Gasteiger partial charge on any atom is 0.343 e. The number of fused-ring (bicyclic) bond motifs is 3. The van der Waals surface area contributed by atoms with Crippen molar-refractivity contribution in [1.29, 1.82) is 0 Å². The van der Waals surface area contributed by atoms with Crippen LogP contribution in [0.2, 0.25) is 0 Å². The van der Waals surface area contributed by atoms with Crippen molar-refractivity contribution in [2.24, 2.45) is 0 Å². The van der Waals surface area contributed by atoms with Crippen LogP contribution in [0.5, 0.6) is 0 Å². The number of anilines is 1. The second-order valence-electron chi connectivity index (χ2n) is 9.88. The van der Waals surface area contributed by atoms with Crippen LogP contribution < -0.4 is 10.5 Å². The van der Waals surface area contributed by atoms with E-state index in [4.69, 9.17) is 4.42 Å². The Balaban J connectivity index is 1.45. The van der Waals surface area contributed by atoms with Crippen LogP contribution in [0.3, 0.4) is 0 Å². The van der Waals surface area contributed by atoms with E-state index < -0.39 is 0 Å². The molecule has 3 aromatic rings. The van der Waals surface area contributed by atoms with Crippen LogP contribution in [0.4, 0.5) is 11.4 Å². The zero-order chi connectivity index (χ0) is 22.0. The smallest absolute Gasteiger partial charge is 0.343 e. The van der Waals surface area contributed by atoms with Crippen LogP contribution in [0.15, 0.2) is 51.7 Å². The SMILES string of the molecule is C[N+]1=C(/C=C/c2cc3cc4c5c(c3oc2=O)CCCN5CCC4)C(C)(C)c2ccccc21. The molecule has 0 unspecified atom stereocenters. The molecule has 4 heterocycles. The van der Waals surface area contributed by atoms with Crippen molar-refractivity contribution in [3.63, 3.8) is 0 Å². The number of para-hydroxylation sites is 1. The number of hydrogen-bond acceptors (Lipinski definition) is 3. The third-order valence-electron chi connectivity index (χ3n) is 7.60. The van der Waals surface area contributed by atoms with Gasteiger partial charge in [0.2, 0.25) is 5.69 Å². The monoisotopic (exact) mass is 425 g/mol. The number of allylic oxidation sites excluding steroid dienone is 1. The summed E-state index contributed by atoms with van der Waals surface area (Å²) in [4.78, 5) is 15.5. The molecule has 2 aromatic carbocycles. The molecule has 6 rings (SSSR count). The number of rotatable bonds is 2. The summed E-state index contributed by atoms with van der Waals surface area (Å²) < 4.78 is 8.19. The predicted octanol–water partition coefficient (Wildman–Crippen LogP) is 5.21. The van der Waals surface area contributed by atoms with Gasteiger partial charge in [0.25, 0.3) is 0 Å². The van der Waals surface area contributed by atoms with E-state index >= 15 is 0 Å². The van der Waals surface area contributed by atoms with Gasteiger partial charge in [-0.1, -0.05) is 18.2 Å². The summed E-state index contributed by atoms with van der Waals surface area (Å²) in [5, 5.41) is 1.05. The van der Waals surface area contributed by atoms with Gasteiger partial charge in [0.15, 0.2) is 5.71 Å². The Morgan fingerprint density at radius 3 is 2.66 bits per heavy atom. The number of hydrogen-bond donors (Lipinski definition) is 0. The summed E-state index contributed by atoms with van der Waals surface area (Å²) >= 11 is 0. The van der Waals surface area contributed by atoms with E-state index in [-0.39, 0.29) is 11.0 Å². The summed E-state index contributed by atoms with van der Waals surface area (Å²) in [6.07, 6.45) is 8.43. The molecular formula is C28H29N2O2+. The fraction of sp³-hybridized carbons (Fsp3) is 0.357. The number of benzene rings is 2. The molecule has 0 amide bonds. The molecule has 0 fully saturated rings. The second-order valence-corrected chi connectivity index (χ2v) is 9.88. The van der Waals surface area contributed by atoms with E-state index in [1.165, 1.54) is 40.2 Å². The van der Waals surface area contributed by atoms with Crippen molar-refractivity contribution < 1.29 is 8.99 Å². The van der Waals surface area contributed by atoms with Gasteiger partial charge in [-0.15, -0.1) is 0 Å². The first kappa shape index (κ1) is 19.5. The van der Waals surface area contributed by atoms with Gasteiger partial charge in [-0.25, -0.2) is 4.79 Å². The summed E-state index contributed by atoms with van der Waals surface area (Å²) in [5.41, 5.74) is 8.71. The molecule has 0 radical (unpaired) electrons. The van der Waals surface area contributed by atoms with Crippen LogP contribution in [0.1, 0.15) is 48.9 Å². The largest absolute Gasteiger partial charge is 0.422 e. The first-order valence-electron chi connectivity index (χ1n) is 11.7. The minimum absolute atomic E-state index is 0.119. The standard InChI is InChI=1S/C28H29N2O2/c1-28(2)22-10-4-5-11-23(22)29(3)24(28)13-12-19-17-20-16-18-8-6-14-30-15-7-9-21(25(18)30)26(20)32-27(19)31/h4-5,10-13,16-17H,6-9,14-15H2,1-3H3/q+1. The van der Waals surface area contributed by atoms with E-state index in [9.17, 15) is 4.79 Å². The third kappa shape index (κ3) is 2.75. The first-order valence-corrected chi connectivity index (χ1v) is 11.7. The average Bonchev–Trinajstić information content (AvgIpc) is 2.99. The highest BCUT2D eigenvalue weighted by atomic mass is 16.4. The maximum atomic E-state index is 13.0. The molecule has 0 spiro atoms. The minimum Gasteiger partial charge on any atom is -0.422 e. The fourth-order valence-corrected chi connectivity index (χ4v) is 6.05. The lowest BCUT2D eigenvalue weighted by molar-refractivity contribution is -0.401. The van der Waals surface area contributed by atoms with Gasteiger partial charge >= 0.3 is 5.63 Å². The highest BCUT2D eigenvalue weighted by Gasteiger charge is 2.42. The van der Waals surface area contributed by atoms with E-state index in [1.807, 2.05) is 12.1 Å². The molecule has 0 atom stereocenters. The first-order chi connectivity index (χ1) is 15.4. The van der Waals surface area contributed by atoms with Gasteiger partial charge in [-0.3, -0.25) is 0 Å². The van der Waals surface area contributed by atoms with Crippen molar-refractivity contribution in [1.82, 2.24) is 0 Å². The van der Waals surface area contributed by atoms with E-state index in [2.05, 4.69) is 66.8 Å². The van der Waals surface area contributed by atoms with Gasteiger partial charge in [0.1, 0.15) is 12.6 Å². The molecule has 162 valence electrons. The summed E-state index contributed by atoms with van der Waals surface area (Å²) in [7, 11) is 2.10. The highest BCUT2D eigenvalue weighted by Crippen LogP contribution is 2.41. The van der Waals surface area contributed by atoms with Crippen molar-refractivity contribution in [2.45, 2.75) is 44.9 Å². The Labute approximate surface area is 188 Å².